The molecule has 1 heterocycles. The van der Waals surface area contributed by atoms with Gasteiger partial charge in [0.05, 0.1) is 0 Å². The molecule has 0 spiro atoms. The molecule has 0 amide bonds. The minimum atomic E-state index is -0.980. The van der Waals surface area contributed by atoms with Crippen LogP contribution in [0.15, 0.2) is 42.6 Å². The average Bonchev–Trinajstić information content (AvgIpc) is 2.58. The van der Waals surface area contributed by atoms with Crippen molar-refractivity contribution < 1.29 is 9.90 Å². The number of rotatable bonds is 9. The fourth-order valence-corrected chi connectivity index (χ4v) is 2.62. The first-order valence-electron chi connectivity index (χ1n) is 8.45. The van der Waals surface area contributed by atoms with Gasteiger partial charge >= 0.3 is 5.97 Å². The zero-order valence-electron chi connectivity index (χ0n) is 13.8. The second kappa shape index (κ2) is 9.09. The third-order valence-corrected chi connectivity index (χ3v) is 4.09. The molecule has 3 heteroatoms. The average molecular weight is 311 g/mol. The minimum Gasteiger partial charge on any atom is -0.477 e. The first-order chi connectivity index (χ1) is 11.2. The summed E-state index contributed by atoms with van der Waals surface area (Å²) < 4.78 is 0. The summed E-state index contributed by atoms with van der Waals surface area (Å²) in [6.07, 6.45) is 9.85. The summed E-state index contributed by atoms with van der Waals surface area (Å²) in [5.41, 5.74) is 3.89. The molecule has 0 atom stereocenters. The molecule has 1 aromatic heterocycles. The van der Waals surface area contributed by atoms with Crippen LogP contribution in [0, 0.1) is 0 Å². The molecule has 3 nitrogen and oxygen atoms in total. The van der Waals surface area contributed by atoms with Gasteiger partial charge in [-0.2, -0.15) is 0 Å². The van der Waals surface area contributed by atoms with E-state index < -0.39 is 5.97 Å². The molecule has 23 heavy (non-hydrogen) atoms. The van der Waals surface area contributed by atoms with Crippen LogP contribution >= 0.6 is 0 Å². The largest absolute Gasteiger partial charge is 0.477 e. The number of carboxylic acids is 1. The van der Waals surface area contributed by atoms with E-state index in [1.807, 2.05) is 6.07 Å². The van der Waals surface area contributed by atoms with E-state index in [9.17, 15) is 4.79 Å². The monoisotopic (exact) mass is 311 g/mol. The Labute approximate surface area is 138 Å². The Morgan fingerprint density at radius 1 is 0.870 bits per heavy atom. The van der Waals surface area contributed by atoms with Crippen LogP contribution in [0.4, 0.5) is 0 Å². The van der Waals surface area contributed by atoms with Crippen molar-refractivity contribution in [1.82, 2.24) is 4.98 Å². The number of carbonyl (C=O) groups is 1. The highest BCUT2D eigenvalue weighted by molar-refractivity contribution is 5.85. The van der Waals surface area contributed by atoms with Crippen molar-refractivity contribution >= 4 is 5.97 Å². The third kappa shape index (κ3) is 5.85. The standard InChI is InChI=1S/C20H25NO2/c1-2-3-4-5-6-16-7-9-17(10-8-16)11-12-18-13-14-19(20(22)23)21-15-18/h7-10,13-15H,2-6,11-12H2,1H3,(H,22,23). The number of aryl methyl sites for hydroxylation is 3. The van der Waals surface area contributed by atoms with Gasteiger partial charge in [-0.15, -0.1) is 0 Å². The molecule has 1 N–H and O–H groups in total. The highest BCUT2D eigenvalue weighted by atomic mass is 16.4. The van der Waals surface area contributed by atoms with Gasteiger partial charge in [-0.25, -0.2) is 9.78 Å². The van der Waals surface area contributed by atoms with Crippen LogP contribution in [0.5, 0.6) is 0 Å². The molecule has 2 aromatic rings. The topological polar surface area (TPSA) is 50.2 Å². The van der Waals surface area contributed by atoms with E-state index in [-0.39, 0.29) is 5.69 Å². The van der Waals surface area contributed by atoms with Gasteiger partial charge in [0, 0.05) is 6.20 Å². The zero-order valence-corrected chi connectivity index (χ0v) is 13.8. The highest BCUT2D eigenvalue weighted by Crippen LogP contribution is 2.12. The number of aromatic nitrogens is 1. The van der Waals surface area contributed by atoms with Crippen LogP contribution in [0.1, 0.15) is 59.8 Å². The lowest BCUT2D eigenvalue weighted by Crippen LogP contribution is -2.01. The number of pyridine rings is 1. The summed E-state index contributed by atoms with van der Waals surface area (Å²) in [6.45, 7) is 2.24. The van der Waals surface area contributed by atoms with Gasteiger partial charge in [0.2, 0.25) is 0 Å². The molecule has 122 valence electrons. The summed E-state index contributed by atoms with van der Waals surface area (Å²) >= 11 is 0. The molecule has 0 bridgehead atoms. The van der Waals surface area contributed by atoms with E-state index in [1.54, 1.807) is 12.3 Å². The Bertz CT molecular complexity index is 603. The van der Waals surface area contributed by atoms with Gasteiger partial charge in [-0.3, -0.25) is 0 Å². The van der Waals surface area contributed by atoms with Crippen LogP contribution in [-0.2, 0) is 19.3 Å². The van der Waals surface area contributed by atoms with Crippen molar-refractivity contribution in [3.63, 3.8) is 0 Å². The molecule has 0 unspecified atom stereocenters. The highest BCUT2D eigenvalue weighted by Gasteiger charge is 2.04. The maximum Gasteiger partial charge on any atom is 0.354 e. The maximum absolute atomic E-state index is 10.8. The summed E-state index contributed by atoms with van der Waals surface area (Å²) in [6, 6.07) is 12.3. The van der Waals surface area contributed by atoms with Crippen LogP contribution < -0.4 is 0 Å². The van der Waals surface area contributed by atoms with Crippen molar-refractivity contribution in [3.8, 4) is 0 Å². The quantitative estimate of drug-likeness (QED) is 0.684. The zero-order chi connectivity index (χ0) is 16.5. The van der Waals surface area contributed by atoms with Crippen LogP contribution in [-0.4, -0.2) is 16.1 Å². The molecule has 0 fully saturated rings. The van der Waals surface area contributed by atoms with Crippen molar-refractivity contribution in [2.75, 3.05) is 0 Å². The van der Waals surface area contributed by atoms with Crippen molar-refractivity contribution in [2.24, 2.45) is 0 Å². The summed E-state index contributed by atoms with van der Waals surface area (Å²) in [4.78, 5) is 14.7. The minimum absolute atomic E-state index is 0.0983. The van der Waals surface area contributed by atoms with Gasteiger partial charge < -0.3 is 5.11 Å². The predicted molar refractivity (Wildman–Crippen MR) is 92.9 cm³/mol. The first-order valence-corrected chi connectivity index (χ1v) is 8.45. The predicted octanol–water partition coefficient (Wildman–Crippen LogP) is 4.69. The van der Waals surface area contributed by atoms with Gasteiger partial charge in [0.25, 0.3) is 0 Å². The first kappa shape index (κ1) is 17.2. The summed E-state index contributed by atoms with van der Waals surface area (Å²) in [5, 5.41) is 8.84. The number of benzene rings is 1. The molecule has 0 aliphatic heterocycles. The van der Waals surface area contributed by atoms with Crippen molar-refractivity contribution in [1.29, 1.82) is 0 Å². The van der Waals surface area contributed by atoms with E-state index in [0.29, 0.717) is 0 Å². The van der Waals surface area contributed by atoms with E-state index in [4.69, 9.17) is 5.11 Å². The second-order valence-electron chi connectivity index (χ2n) is 5.98. The third-order valence-electron chi connectivity index (χ3n) is 4.09. The number of unbranched alkanes of at least 4 members (excludes halogenated alkanes) is 3. The summed E-state index contributed by atoms with van der Waals surface area (Å²) in [7, 11) is 0. The molecule has 2 rings (SSSR count). The fraction of sp³-hybridized carbons (Fsp3) is 0.400. The normalized spacial score (nSPS) is 10.7. The van der Waals surface area contributed by atoms with E-state index in [2.05, 4.69) is 36.2 Å². The number of hydrogen-bond donors (Lipinski definition) is 1. The molecular formula is C20H25NO2. The van der Waals surface area contributed by atoms with Gasteiger partial charge in [-0.1, -0.05) is 56.5 Å². The number of aromatic carboxylic acids is 1. The Kier molecular flexibility index (Phi) is 6.79. The smallest absolute Gasteiger partial charge is 0.354 e. The van der Waals surface area contributed by atoms with Crippen molar-refractivity contribution in [2.45, 2.75) is 51.9 Å². The lowest BCUT2D eigenvalue weighted by molar-refractivity contribution is 0.0690. The van der Waals surface area contributed by atoms with Crippen LogP contribution in [0.2, 0.25) is 0 Å². The van der Waals surface area contributed by atoms with Crippen LogP contribution in [0.25, 0.3) is 0 Å². The fourth-order valence-electron chi connectivity index (χ4n) is 2.62. The number of nitrogens with zero attached hydrogens (tertiary/aromatic N) is 1. The van der Waals surface area contributed by atoms with E-state index >= 15 is 0 Å². The molecule has 0 radical (unpaired) electrons. The SMILES string of the molecule is CCCCCCc1ccc(CCc2ccc(C(=O)O)nc2)cc1. The maximum atomic E-state index is 10.8. The Morgan fingerprint density at radius 2 is 1.48 bits per heavy atom. The summed E-state index contributed by atoms with van der Waals surface area (Å²) in [5.74, 6) is -0.980. The molecule has 0 aliphatic carbocycles. The second-order valence-corrected chi connectivity index (χ2v) is 5.98. The van der Waals surface area contributed by atoms with Gasteiger partial charge in [0.15, 0.2) is 0 Å². The van der Waals surface area contributed by atoms with Gasteiger partial charge in [-0.05, 0) is 48.4 Å². The van der Waals surface area contributed by atoms with Gasteiger partial charge in [0.1, 0.15) is 5.69 Å². The van der Waals surface area contributed by atoms with Crippen LogP contribution in [0.3, 0.4) is 0 Å². The number of hydrogen-bond acceptors (Lipinski definition) is 2. The Morgan fingerprint density at radius 3 is 2.04 bits per heavy atom. The number of carboxylic acid groups (broad SMARTS) is 1. The molecule has 0 aliphatic rings. The Hall–Kier alpha value is -2.16. The molecular weight excluding hydrogens is 286 g/mol. The molecule has 0 saturated carbocycles. The van der Waals surface area contributed by atoms with E-state index in [0.717, 1.165) is 18.4 Å². The lowest BCUT2D eigenvalue weighted by atomic mass is 10.0. The Balaban J connectivity index is 1.80. The molecule has 0 saturated heterocycles. The van der Waals surface area contributed by atoms with E-state index in [1.165, 1.54) is 43.2 Å². The van der Waals surface area contributed by atoms with Crippen molar-refractivity contribution in [3.05, 3.63) is 65.0 Å². The molecule has 1 aromatic carbocycles. The lowest BCUT2D eigenvalue weighted by Gasteiger charge is -2.05.